The second kappa shape index (κ2) is 14.9. The molecule has 0 aromatic rings. The highest BCUT2D eigenvalue weighted by Crippen LogP contribution is 2.23. The van der Waals surface area contributed by atoms with Crippen molar-refractivity contribution in [3.63, 3.8) is 0 Å². The molecule has 0 aromatic carbocycles. The number of unbranched alkanes of at least 4 members (excludes halogenated alkanes) is 12. The number of carboxylic acids is 2. The van der Waals surface area contributed by atoms with Gasteiger partial charge in [0.15, 0.2) is 0 Å². The zero-order valence-corrected chi connectivity index (χ0v) is 16.8. The van der Waals surface area contributed by atoms with Crippen LogP contribution in [0.3, 0.4) is 0 Å². The summed E-state index contributed by atoms with van der Waals surface area (Å²) in [5.41, 5.74) is 0. The number of aliphatic carboxylic acids is 2. The molecule has 0 aromatic heterocycles. The van der Waals surface area contributed by atoms with Crippen LogP contribution in [0.15, 0.2) is 0 Å². The Morgan fingerprint density at radius 2 is 1.15 bits per heavy atom. The van der Waals surface area contributed by atoms with E-state index < -0.39 is 24.2 Å². The fourth-order valence-corrected chi connectivity index (χ4v) is 3.93. The van der Waals surface area contributed by atoms with E-state index in [0.717, 1.165) is 32.1 Å². The summed E-state index contributed by atoms with van der Waals surface area (Å²) in [4.78, 5) is 23.3. The van der Waals surface area contributed by atoms with Gasteiger partial charge >= 0.3 is 11.9 Å². The monoisotopic (exact) mass is 385 g/mol. The third-order valence-corrected chi connectivity index (χ3v) is 5.57. The maximum absolute atomic E-state index is 11.2. The van der Waals surface area contributed by atoms with Gasteiger partial charge in [0.25, 0.3) is 0 Å². The highest BCUT2D eigenvalue weighted by atomic mass is 16.4. The van der Waals surface area contributed by atoms with Crippen LogP contribution >= 0.6 is 0 Å². The molecule has 2 atom stereocenters. The molecule has 1 unspecified atom stereocenters. The van der Waals surface area contributed by atoms with Crippen LogP contribution in [0.4, 0.5) is 0 Å². The van der Waals surface area contributed by atoms with E-state index in [2.05, 4.69) is 0 Å². The Morgan fingerprint density at radius 1 is 0.704 bits per heavy atom. The van der Waals surface area contributed by atoms with Crippen molar-refractivity contribution in [3.8, 4) is 0 Å². The molecule has 1 aliphatic heterocycles. The molecule has 0 amide bonds. The SMILES string of the molecule is O=C(O)CCCCCCCCCCCCCCCN1C(C(=O)O)CC[C@H]1O. The molecule has 1 fully saturated rings. The Bertz CT molecular complexity index is 415. The number of nitrogens with zero attached hydrogens (tertiary/aromatic N) is 1. The number of carboxylic acid groups (broad SMARTS) is 2. The summed E-state index contributed by atoms with van der Waals surface area (Å²) in [5, 5.41) is 27.6. The molecule has 0 spiro atoms. The normalized spacial score (nSPS) is 20.2. The maximum Gasteiger partial charge on any atom is 0.320 e. The van der Waals surface area contributed by atoms with Crippen molar-refractivity contribution < 1.29 is 24.9 Å². The van der Waals surface area contributed by atoms with Crippen molar-refractivity contribution >= 4 is 11.9 Å². The summed E-state index contributed by atoms with van der Waals surface area (Å²) in [6.45, 7) is 0.685. The lowest BCUT2D eigenvalue weighted by molar-refractivity contribution is -0.144. The third-order valence-electron chi connectivity index (χ3n) is 5.57. The number of carbonyl (C=O) groups is 2. The Hall–Kier alpha value is -1.14. The highest BCUT2D eigenvalue weighted by molar-refractivity contribution is 5.73. The van der Waals surface area contributed by atoms with Gasteiger partial charge in [-0.05, 0) is 25.7 Å². The lowest BCUT2D eigenvalue weighted by Gasteiger charge is -2.24. The topological polar surface area (TPSA) is 98.1 Å². The predicted octanol–water partition coefficient (Wildman–Crippen LogP) is 4.40. The minimum Gasteiger partial charge on any atom is -0.481 e. The molecule has 1 saturated heterocycles. The molecule has 0 aliphatic carbocycles. The average molecular weight is 386 g/mol. The Balaban J connectivity index is 1.83. The van der Waals surface area contributed by atoms with Crippen molar-refractivity contribution in [1.29, 1.82) is 0 Å². The number of hydrogen-bond donors (Lipinski definition) is 3. The summed E-state index contributed by atoms with van der Waals surface area (Å²) in [7, 11) is 0. The predicted molar refractivity (Wildman–Crippen MR) is 106 cm³/mol. The first-order valence-corrected chi connectivity index (χ1v) is 10.9. The van der Waals surface area contributed by atoms with Gasteiger partial charge in [-0.15, -0.1) is 0 Å². The molecule has 1 heterocycles. The summed E-state index contributed by atoms with van der Waals surface area (Å²) in [6.07, 6.45) is 15.9. The van der Waals surface area contributed by atoms with Gasteiger partial charge in [0.1, 0.15) is 12.3 Å². The summed E-state index contributed by atoms with van der Waals surface area (Å²) >= 11 is 0. The van der Waals surface area contributed by atoms with Crippen molar-refractivity contribution in [2.45, 2.75) is 115 Å². The van der Waals surface area contributed by atoms with Gasteiger partial charge in [0.2, 0.25) is 0 Å². The molecule has 3 N–H and O–H groups in total. The second-order valence-electron chi connectivity index (χ2n) is 7.89. The molecular formula is C21H39NO5. The number of likely N-dealkylation sites (tertiary alicyclic amines) is 1. The fraction of sp³-hybridized carbons (Fsp3) is 0.905. The van der Waals surface area contributed by atoms with Gasteiger partial charge in [-0.25, -0.2) is 0 Å². The van der Waals surface area contributed by atoms with Gasteiger partial charge < -0.3 is 15.3 Å². The third kappa shape index (κ3) is 11.3. The molecule has 6 heteroatoms. The lowest BCUT2D eigenvalue weighted by Crippen LogP contribution is -2.41. The van der Waals surface area contributed by atoms with E-state index in [0.29, 0.717) is 25.8 Å². The molecule has 0 radical (unpaired) electrons. The van der Waals surface area contributed by atoms with E-state index in [-0.39, 0.29) is 0 Å². The Labute approximate surface area is 163 Å². The van der Waals surface area contributed by atoms with E-state index in [1.165, 1.54) is 51.4 Å². The second-order valence-corrected chi connectivity index (χ2v) is 7.89. The maximum atomic E-state index is 11.2. The van der Waals surface area contributed by atoms with E-state index in [9.17, 15) is 14.7 Å². The largest absolute Gasteiger partial charge is 0.481 e. The van der Waals surface area contributed by atoms with E-state index in [1.54, 1.807) is 4.90 Å². The van der Waals surface area contributed by atoms with Crippen molar-refractivity contribution in [2.24, 2.45) is 0 Å². The zero-order valence-electron chi connectivity index (χ0n) is 16.8. The fourth-order valence-electron chi connectivity index (χ4n) is 3.93. The number of rotatable bonds is 17. The van der Waals surface area contributed by atoms with Crippen molar-refractivity contribution in [1.82, 2.24) is 4.90 Å². The lowest BCUT2D eigenvalue weighted by atomic mass is 10.0. The van der Waals surface area contributed by atoms with Crippen LogP contribution in [0.2, 0.25) is 0 Å². The Kier molecular flexibility index (Phi) is 13.2. The van der Waals surface area contributed by atoms with Gasteiger partial charge in [0.05, 0.1) is 0 Å². The molecule has 0 bridgehead atoms. The van der Waals surface area contributed by atoms with Crippen LogP contribution in [0.1, 0.15) is 103 Å². The molecule has 6 nitrogen and oxygen atoms in total. The molecular weight excluding hydrogens is 346 g/mol. The summed E-state index contributed by atoms with van der Waals surface area (Å²) in [5.74, 6) is -1.50. The van der Waals surface area contributed by atoms with Crippen LogP contribution in [-0.4, -0.2) is 51.0 Å². The average Bonchev–Trinajstić information content (AvgIpc) is 2.99. The molecule has 158 valence electrons. The van der Waals surface area contributed by atoms with Crippen molar-refractivity contribution in [2.75, 3.05) is 6.54 Å². The van der Waals surface area contributed by atoms with Crippen LogP contribution in [0, 0.1) is 0 Å². The smallest absolute Gasteiger partial charge is 0.320 e. The zero-order chi connectivity index (χ0) is 19.9. The Morgan fingerprint density at radius 3 is 1.59 bits per heavy atom. The quantitative estimate of drug-likeness (QED) is 0.321. The summed E-state index contributed by atoms with van der Waals surface area (Å²) < 4.78 is 0. The number of aliphatic hydroxyl groups is 1. The van der Waals surface area contributed by atoms with E-state index in [1.807, 2.05) is 0 Å². The van der Waals surface area contributed by atoms with Crippen LogP contribution < -0.4 is 0 Å². The van der Waals surface area contributed by atoms with Crippen LogP contribution in [-0.2, 0) is 9.59 Å². The first-order valence-electron chi connectivity index (χ1n) is 10.9. The van der Waals surface area contributed by atoms with Gasteiger partial charge in [-0.3, -0.25) is 14.5 Å². The van der Waals surface area contributed by atoms with Crippen LogP contribution in [0.25, 0.3) is 0 Å². The molecule has 27 heavy (non-hydrogen) atoms. The number of aliphatic hydroxyl groups excluding tert-OH is 1. The van der Waals surface area contributed by atoms with Gasteiger partial charge in [0, 0.05) is 13.0 Å². The molecule has 0 saturated carbocycles. The first-order chi connectivity index (χ1) is 13.0. The first kappa shape index (κ1) is 23.9. The summed E-state index contributed by atoms with van der Waals surface area (Å²) in [6, 6.07) is -0.503. The van der Waals surface area contributed by atoms with Gasteiger partial charge in [-0.1, -0.05) is 70.6 Å². The van der Waals surface area contributed by atoms with Crippen LogP contribution in [0.5, 0.6) is 0 Å². The van der Waals surface area contributed by atoms with Crippen molar-refractivity contribution in [3.05, 3.63) is 0 Å². The minimum absolute atomic E-state index is 0.304. The minimum atomic E-state index is -0.813. The molecule has 1 rings (SSSR count). The highest BCUT2D eigenvalue weighted by Gasteiger charge is 2.36. The standard InChI is InChI=1S/C21H39NO5/c23-19-16-15-18(21(26)27)22(19)17-13-11-9-7-5-3-1-2-4-6-8-10-12-14-20(24)25/h18-19,23H,1-17H2,(H,24,25)(H,26,27)/t18?,19-/m1/s1. The van der Waals surface area contributed by atoms with E-state index >= 15 is 0 Å². The number of hydrogen-bond acceptors (Lipinski definition) is 4. The van der Waals surface area contributed by atoms with E-state index in [4.69, 9.17) is 10.2 Å². The molecule has 1 aliphatic rings. The van der Waals surface area contributed by atoms with Gasteiger partial charge in [-0.2, -0.15) is 0 Å².